The highest BCUT2D eigenvalue weighted by Crippen LogP contribution is 2.49. The zero-order valence-corrected chi connectivity index (χ0v) is 16.7. The number of hydrogen-bond donors (Lipinski definition) is 2. The molecule has 2 aliphatic carbocycles. The van der Waals surface area contributed by atoms with E-state index < -0.39 is 21.5 Å². The molecule has 27 heavy (non-hydrogen) atoms. The fourth-order valence-electron chi connectivity index (χ4n) is 4.71. The highest BCUT2D eigenvalue weighted by molar-refractivity contribution is 7.91. The summed E-state index contributed by atoms with van der Waals surface area (Å²) in [7, 11) is -2.03. The first-order chi connectivity index (χ1) is 12.8. The van der Waals surface area contributed by atoms with E-state index in [1.165, 1.54) is 26.3 Å². The van der Waals surface area contributed by atoms with Crippen LogP contribution in [0.2, 0.25) is 0 Å². The van der Waals surface area contributed by atoms with Gasteiger partial charge in [0.05, 0.1) is 5.75 Å². The fourth-order valence-corrected chi connectivity index (χ4v) is 6.00. The number of hydrogen-bond acceptors (Lipinski definition) is 4. The Morgan fingerprint density at radius 3 is 2.41 bits per heavy atom. The molecule has 2 aliphatic rings. The molecule has 0 radical (unpaired) electrons. The molecule has 0 aromatic heterocycles. The summed E-state index contributed by atoms with van der Waals surface area (Å²) in [5, 5.41) is 5.43. The topological polar surface area (TPSA) is 92.3 Å². The third-order valence-corrected chi connectivity index (χ3v) is 7.48. The molecule has 2 amide bonds. The summed E-state index contributed by atoms with van der Waals surface area (Å²) in [6, 6.07) is 6.41. The van der Waals surface area contributed by atoms with E-state index in [4.69, 9.17) is 0 Å². The summed E-state index contributed by atoms with van der Waals surface area (Å²) in [6.07, 6.45) is 4.95. The van der Waals surface area contributed by atoms with Gasteiger partial charge in [0.15, 0.2) is 9.84 Å². The van der Waals surface area contributed by atoms with Crippen molar-refractivity contribution in [1.82, 2.24) is 10.6 Å². The van der Waals surface area contributed by atoms with Gasteiger partial charge in [-0.25, -0.2) is 8.42 Å². The number of sulfone groups is 1. The van der Waals surface area contributed by atoms with Crippen LogP contribution in [0.4, 0.5) is 0 Å². The van der Waals surface area contributed by atoms with Gasteiger partial charge in [0.25, 0.3) is 5.91 Å². The lowest BCUT2D eigenvalue weighted by atomic mass is 9.84. The number of amides is 2. The van der Waals surface area contributed by atoms with Crippen LogP contribution in [0, 0.1) is 17.8 Å². The molecule has 2 bridgehead atoms. The van der Waals surface area contributed by atoms with Crippen LogP contribution in [-0.2, 0) is 20.4 Å². The molecule has 2 saturated carbocycles. The van der Waals surface area contributed by atoms with Crippen LogP contribution in [0.15, 0.2) is 24.3 Å². The summed E-state index contributed by atoms with van der Waals surface area (Å²) in [6.45, 7) is 1.99. The minimum Gasteiger partial charge on any atom is -0.355 e. The fraction of sp³-hybridized carbons (Fsp3) is 0.600. The summed E-state index contributed by atoms with van der Waals surface area (Å²) in [5.74, 6) is 0.589. The molecule has 7 heteroatoms. The van der Waals surface area contributed by atoms with E-state index in [9.17, 15) is 18.0 Å². The van der Waals surface area contributed by atoms with Crippen molar-refractivity contribution < 1.29 is 18.0 Å². The molecule has 4 atom stereocenters. The van der Waals surface area contributed by atoms with E-state index >= 15 is 0 Å². The molecule has 0 unspecified atom stereocenters. The third kappa shape index (κ3) is 4.89. The van der Waals surface area contributed by atoms with Crippen molar-refractivity contribution in [3.05, 3.63) is 35.4 Å². The Hall–Kier alpha value is -1.89. The molecular formula is C20H28N2O4S. The van der Waals surface area contributed by atoms with Crippen molar-refractivity contribution >= 4 is 21.7 Å². The van der Waals surface area contributed by atoms with Crippen molar-refractivity contribution in [3.8, 4) is 0 Å². The van der Waals surface area contributed by atoms with Crippen LogP contribution in [0.5, 0.6) is 0 Å². The lowest BCUT2D eigenvalue weighted by Gasteiger charge is -2.28. The standard InChI is InChI=1S/C20H28N2O4S/c1-13(18-10-15-5-8-17(18)9-15)22-19(23)12-27(25,26)11-14-3-6-16(7-4-14)20(24)21-2/h3-4,6-7,13,15,17-18H,5,8-12H2,1-2H3,(H,21,24)(H,22,23)/t13-,15-,17-,18-/m0/s1. The Morgan fingerprint density at radius 1 is 1.15 bits per heavy atom. The number of carbonyl (C=O) groups is 2. The maximum Gasteiger partial charge on any atom is 0.251 e. The summed E-state index contributed by atoms with van der Waals surface area (Å²) < 4.78 is 24.8. The molecule has 0 saturated heterocycles. The van der Waals surface area contributed by atoms with Crippen molar-refractivity contribution in [2.24, 2.45) is 17.8 Å². The van der Waals surface area contributed by atoms with E-state index in [1.807, 2.05) is 6.92 Å². The zero-order chi connectivity index (χ0) is 19.6. The monoisotopic (exact) mass is 392 g/mol. The summed E-state index contributed by atoms with van der Waals surface area (Å²) >= 11 is 0. The number of rotatable bonds is 7. The molecule has 0 aliphatic heterocycles. The Balaban J connectivity index is 1.52. The average molecular weight is 393 g/mol. The van der Waals surface area contributed by atoms with Gasteiger partial charge in [0.2, 0.25) is 5.91 Å². The van der Waals surface area contributed by atoms with Gasteiger partial charge in [-0.15, -0.1) is 0 Å². The molecule has 148 valence electrons. The summed E-state index contributed by atoms with van der Waals surface area (Å²) in [5.41, 5.74) is 1.03. The number of fused-ring (bicyclic) bond motifs is 2. The zero-order valence-electron chi connectivity index (χ0n) is 15.9. The average Bonchev–Trinajstić information content (AvgIpc) is 3.24. The summed E-state index contributed by atoms with van der Waals surface area (Å²) in [4.78, 5) is 23.8. The second-order valence-electron chi connectivity index (χ2n) is 8.00. The van der Waals surface area contributed by atoms with Crippen molar-refractivity contribution in [2.75, 3.05) is 12.8 Å². The Labute approximate surface area is 161 Å². The number of nitrogens with one attached hydrogen (secondary N) is 2. The van der Waals surface area contributed by atoms with Crippen LogP contribution >= 0.6 is 0 Å². The molecule has 3 rings (SSSR count). The molecule has 6 nitrogen and oxygen atoms in total. The van der Waals surface area contributed by atoms with Gasteiger partial charge in [-0.05, 0) is 61.6 Å². The smallest absolute Gasteiger partial charge is 0.251 e. The van der Waals surface area contributed by atoms with E-state index in [0.717, 1.165) is 12.3 Å². The highest BCUT2D eigenvalue weighted by atomic mass is 32.2. The van der Waals surface area contributed by atoms with Gasteiger partial charge in [0, 0.05) is 18.7 Å². The SMILES string of the molecule is CNC(=O)c1ccc(CS(=O)(=O)CC(=O)N[C@@H](C)[C@@H]2C[C@H]3CC[C@H]2C3)cc1. The van der Waals surface area contributed by atoms with Gasteiger partial charge in [0.1, 0.15) is 5.75 Å². The number of benzene rings is 1. The van der Waals surface area contributed by atoms with E-state index in [2.05, 4.69) is 10.6 Å². The van der Waals surface area contributed by atoms with Gasteiger partial charge in [-0.2, -0.15) is 0 Å². The molecule has 0 heterocycles. The lowest BCUT2D eigenvalue weighted by Crippen LogP contribution is -2.42. The third-order valence-electron chi connectivity index (χ3n) is 6.00. The van der Waals surface area contributed by atoms with Gasteiger partial charge in [-0.3, -0.25) is 9.59 Å². The second-order valence-corrected chi connectivity index (χ2v) is 10.1. The van der Waals surface area contributed by atoms with Gasteiger partial charge < -0.3 is 10.6 Å². The van der Waals surface area contributed by atoms with Gasteiger partial charge in [-0.1, -0.05) is 18.6 Å². The Bertz CT molecular complexity index is 804. The molecule has 1 aromatic rings. The quantitative estimate of drug-likeness (QED) is 0.741. The first-order valence-corrected chi connectivity index (χ1v) is 11.4. The van der Waals surface area contributed by atoms with Crippen LogP contribution in [0.3, 0.4) is 0 Å². The van der Waals surface area contributed by atoms with Crippen LogP contribution in [0.25, 0.3) is 0 Å². The molecule has 2 N–H and O–H groups in total. The second kappa shape index (κ2) is 8.00. The minimum atomic E-state index is -3.56. The predicted octanol–water partition coefficient (Wildman–Crippen LogP) is 1.90. The van der Waals surface area contributed by atoms with E-state index in [1.54, 1.807) is 24.3 Å². The highest BCUT2D eigenvalue weighted by Gasteiger charge is 2.42. The first-order valence-electron chi connectivity index (χ1n) is 9.58. The van der Waals surface area contributed by atoms with Crippen molar-refractivity contribution in [2.45, 2.75) is 44.4 Å². The van der Waals surface area contributed by atoms with Crippen molar-refractivity contribution in [1.29, 1.82) is 0 Å². The van der Waals surface area contributed by atoms with Gasteiger partial charge >= 0.3 is 0 Å². The van der Waals surface area contributed by atoms with Crippen LogP contribution < -0.4 is 10.6 Å². The van der Waals surface area contributed by atoms with E-state index in [0.29, 0.717) is 23.0 Å². The van der Waals surface area contributed by atoms with Crippen LogP contribution in [-0.4, -0.2) is 39.1 Å². The maximum atomic E-state index is 12.4. The normalized spacial score (nSPS) is 25.2. The maximum absolute atomic E-state index is 12.4. The molecule has 2 fully saturated rings. The molecular weight excluding hydrogens is 364 g/mol. The Morgan fingerprint density at radius 2 is 1.85 bits per heavy atom. The van der Waals surface area contributed by atoms with Crippen LogP contribution in [0.1, 0.15) is 48.5 Å². The molecule has 0 spiro atoms. The van der Waals surface area contributed by atoms with Crippen molar-refractivity contribution in [3.63, 3.8) is 0 Å². The van der Waals surface area contributed by atoms with E-state index in [-0.39, 0.29) is 17.7 Å². The number of carbonyl (C=O) groups excluding carboxylic acids is 2. The minimum absolute atomic E-state index is 0.0230. The predicted molar refractivity (Wildman–Crippen MR) is 104 cm³/mol. The molecule has 1 aromatic carbocycles. The largest absolute Gasteiger partial charge is 0.355 e. The first kappa shape index (κ1) is 19.9. The Kier molecular flexibility index (Phi) is 5.89. The lowest BCUT2D eigenvalue weighted by molar-refractivity contribution is -0.119.